The van der Waals surface area contributed by atoms with Gasteiger partial charge in [-0.2, -0.15) is 5.10 Å². The molecule has 2 N–H and O–H groups in total. The first-order valence-corrected chi connectivity index (χ1v) is 9.45. The molecule has 6 heteroatoms. The molecular formula is C22H24N4O2. The van der Waals surface area contributed by atoms with Crippen LogP contribution in [0.3, 0.4) is 0 Å². The minimum absolute atomic E-state index is 0.0171. The van der Waals surface area contributed by atoms with Gasteiger partial charge in [-0.05, 0) is 55.3 Å². The summed E-state index contributed by atoms with van der Waals surface area (Å²) in [5.41, 5.74) is 3.82. The number of aromatic amines is 1. The van der Waals surface area contributed by atoms with E-state index in [1.165, 1.54) is 0 Å². The van der Waals surface area contributed by atoms with Gasteiger partial charge in [0.05, 0.1) is 12.8 Å². The lowest BCUT2D eigenvalue weighted by Gasteiger charge is -2.16. The molecule has 6 nitrogen and oxygen atoms in total. The highest BCUT2D eigenvalue weighted by Crippen LogP contribution is 2.26. The molecule has 2 heterocycles. The third kappa shape index (κ3) is 3.86. The molecule has 0 unspecified atom stereocenters. The van der Waals surface area contributed by atoms with E-state index in [-0.39, 0.29) is 11.9 Å². The van der Waals surface area contributed by atoms with E-state index in [2.05, 4.69) is 20.4 Å². The van der Waals surface area contributed by atoms with Crippen molar-refractivity contribution in [3.63, 3.8) is 0 Å². The number of nitrogens with one attached hydrogen (secondary N) is 2. The number of H-pyrrole nitrogens is 1. The summed E-state index contributed by atoms with van der Waals surface area (Å²) in [4.78, 5) is 14.7. The van der Waals surface area contributed by atoms with Gasteiger partial charge in [0.1, 0.15) is 5.75 Å². The van der Waals surface area contributed by atoms with E-state index in [0.29, 0.717) is 5.56 Å². The average Bonchev–Trinajstić information content (AvgIpc) is 3.37. The molecule has 28 heavy (non-hydrogen) atoms. The van der Waals surface area contributed by atoms with Crippen molar-refractivity contribution in [2.75, 3.05) is 25.1 Å². The fraction of sp³-hybridized carbons (Fsp3) is 0.273. The summed E-state index contributed by atoms with van der Waals surface area (Å²) in [6.07, 6.45) is 0.905. The molecule has 1 fully saturated rings. The molecule has 0 bridgehead atoms. The third-order valence-electron chi connectivity index (χ3n) is 5.09. The van der Waals surface area contributed by atoms with Crippen LogP contribution in [0.4, 0.5) is 5.82 Å². The summed E-state index contributed by atoms with van der Waals surface area (Å²) in [5.74, 6) is 1.71. The van der Waals surface area contributed by atoms with Gasteiger partial charge in [0.15, 0.2) is 5.82 Å². The molecule has 0 radical (unpaired) electrons. The standard InChI is InChI=1S/C22H24N4O2/c1-15-4-3-5-17(12-15)22(27)23-18-10-11-26(14-18)21-13-20(24-25-21)16-6-8-19(28-2)9-7-16/h3-9,12-13,18H,10-11,14H2,1-2H3,(H,23,27)(H,24,25)/t18-/m1/s1. The van der Waals surface area contributed by atoms with Crippen molar-refractivity contribution in [3.8, 4) is 17.0 Å². The average molecular weight is 376 g/mol. The SMILES string of the molecule is COc1ccc(-c2cc(N3CC[C@@H](NC(=O)c4cccc(C)c4)C3)n[nH]2)cc1. The summed E-state index contributed by atoms with van der Waals surface area (Å²) in [6, 6.07) is 17.7. The lowest BCUT2D eigenvalue weighted by Crippen LogP contribution is -2.37. The molecule has 2 aromatic carbocycles. The number of hydrogen-bond donors (Lipinski definition) is 2. The molecule has 3 aromatic rings. The minimum atomic E-state index is -0.0171. The quantitative estimate of drug-likeness (QED) is 0.716. The first kappa shape index (κ1) is 18.1. The van der Waals surface area contributed by atoms with Crippen molar-refractivity contribution in [2.45, 2.75) is 19.4 Å². The molecule has 1 saturated heterocycles. The Kier molecular flexibility index (Phi) is 5.02. The maximum absolute atomic E-state index is 12.5. The molecule has 4 rings (SSSR count). The van der Waals surface area contributed by atoms with Crippen LogP contribution in [0.1, 0.15) is 22.3 Å². The number of methoxy groups -OCH3 is 1. The van der Waals surface area contributed by atoms with Crippen LogP contribution < -0.4 is 15.0 Å². The Morgan fingerprint density at radius 2 is 2.04 bits per heavy atom. The fourth-order valence-electron chi connectivity index (χ4n) is 3.53. The van der Waals surface area contributed by atoms with Crippen LogP contribution >= 0.6 is 0 Å². The van der Waals surface area contributed by atoms with Crippen molar-refractivity contribution >= 4 is 11.7 Å². The number of benzene rings is 2. The van der Waals surface area contributed by atoms with Crippen molar-refractivity contribution in [3.05, 3.63) is 65.7 Å². The Morgan fingerprint density at radius 1 is 1.21 bits per heavy atom. The Hall–Kier alpha value is -3.28. The van der Waals surface area contributed by atoms with Gasteiger partial charge in [-0.15, -0.1) is 0 Å². The molecule has 1 aliphatic heterocycles. The number of ether oxygens (including phenoxy) is 1. The molecule has 1 amide bonds. The zero-order valence-corrected chi connectivity index (χ0v) is 16.1. The summed E-state index contributed by atoms with van der Waals surface area (Å²) < 4.78 is 5.20. The van der Waals surface area contributed by atoms with E-state index < -0.39 is 0 Å². The number of amides is 1. The van der Waals surface area contributed by atoms with Crippen molar-refractivity contribution in [1.29, 1.82) is 0 Å². The van der Waals surface area contributed by atoms with Crippen molar-refractivity contribution in [2.24, 2.45) is 0 Å². The molecule has 0 saturated carbocycles. The van der Waals surface area contributed by atoms with Crippen LogP contribution in [0.15, 0.2) is 54.6 Å². The predicted octanol–water partition coefficient (Wildman–Crippen LogP) is 3.40. The van der Waals surface area contributed by atoms with Crippen LogP contribution in [-0.4, -0.2) is 42.3 Å². The van der Waals surface area contributed by atoms with Gasteiger partial charge in [-0.1, -0.05) is 17.7 Å². The first-order chi connectivity index (χ1) is 13.6. The number of aromatic nitrogens is 2. The van der Waals surface area contributed by atoms with Gasteiger partial charge in [-0.25, -0.2) is 0 Å². The molecule has 144 valence electrons. The first-order valence-electron chi connectivity index (χ1n) is 9.45. The van der Waals surface area contributed by atoms with E-state index in [4.69, 9.17) is 4.74 Å². The zero-order chi connectivity index (χ0) is 19.5. The highest BCUT2D eigenvalue weighted by Gasteiger charge is 2.26. The number of hydrogen-bond acceptors (Lipinski definition) is 4. The predicted molar refractivity (Wildman–Crippen MR) is 110 cm³/mol. The van der Waals surface area contributed by atoms with Gasteiger partial charge in [0.2, 0.25) is 0 Å². The van der Waals surface area contributed by atoms with Crippen LogP contribution in [-0.2, 0) is 0 Å². The topological polar surface area (TPSA) is 70.2 Å². The van der Waals surface area contributed by atoms with Crippen LogP contribution in [0.25, 0.3) is 11.3 Å². The van der Waals surface area contributed by atoms with Gasteiger partial charge >= 0.3 is 0 Å². The molecule has 1 aliphatic rings. The third-order valence-corrected chi connectivity index (χ3v) is 5.09. The Labute approximate surface area is 164 Å². The number of rotatable bonds is 5. The Bertz CT molecular complexity index is 965. The highest BCUT2D eigenvalue weighted by molar-refractivity contribution is 5.94. The summed E-state index contributed by atoms with van der Waals surface area (Å²) in [5, 5.41) is 10.7. The van der Waals surface area contributed by atoms with Crippen molar-refractivity contribution in [1.82, 2.24) is 15.5 Å². The second-order valence-corrected chi connectivity index (χ2v) is 7.14. The maximum atomic E-state index is 12.5. The number of anilines is 1. The van der Waals surface area contributed by atoms with Gasteiger partial charge in [0, 0.05) is 30.8 Å². The number of aryl methyl sites for hydroxylation is 1. The van der Waals surface area contributed by atoms with E-state index in [1.54, 1.807) is 7.11 Å². The highest BCUT2D eigenvalue weighted by atomic mass is 16.5. The molecule has 1 aromatic heterocycles. The minimum Gasteiger partial charge on any atom is -0.497 e. The largest absolute Gasteiger partial charge is 0.497 e. The second-order valence-electron chi connectivity index (χ2n) is 7.14. The summed E-state index contributed by atoms with van der Waals surface area (Å²) in [6.45, 7) is 3.61. The van der Waals surface area contributed by atoms with Gasteiger partial charge in [0.25, 0.3) is 5.91 Å². The molecular weight excluding hydrogens is 352 g/mol. The maximum Gasteiger partial charge on any atom is 0.251 e. The van der Waals surface area contributed by atoms with Gasteiger partial charge < -0.3 is 15.0 Å². The van der Waals surface area contributed by atoms with E-state index in [1.807, 2.05) is 61.5 Å². The Balaban J connectivity index is 1.39. The molecule has 0 aliphatic carbocycles. The van der Waals surface area contributed by atoms with E-state index >= 15 is 0 Å². The molecule has 0 spiro atoms. The van der Waals surface area contributed by atoms with Crippen LogP contribution in [0.5, 0.6) is 5.75 Å². The number of carbonyl (C=O) groups is 1. The van der Waals surface area contributed by atoms with E-state index in [9.17, 15) is 4.79 Å². The lowest BCUT2D eigenvalue weighted by molar-refractivity contribution is 0.0940. The number of carbonyl (C=O) groups excluding carboxylic acids is 1. The summed E-state index contributed by atoms with van der Waals surface area (Å²) >= 11 is 0. The normalized spacial score (nSPS) is 16.2. The smallest absolute Gasteiger partial charge is 0.251 e. The second kappa shape index (κ2) is 7.76. The number of nitrogens with zero attached hydrogens (tertiary/aromatic N) is 2. The monoisotopic (exact) mass is 376 g/mol. The molecule has 1 atom stereocenters. The van der Waals surface area contributed by atoms with Crippen molar-refractivity contribution < 1.29 is 9.53 Å². The fourth-order valence-corrected chi connectivity index (χ4v) is 3.53. The van der Waals surface area contributed by atoms with E-state index in [0.717, 1.165) is 47.9 Å². The van der Waals surface area contributed by atoms with Crippen LogP contribution in [0.2, 0.25) is 0 Å². The summed E-state index contributed by atoms with van der Waals surface area (Å²) in [7, 11) is 1.66. The Morgan fingerprint density at radius 3 is 2.79 bits per heavy atom. The zero-order valence-electron chi connectivity index (χ0n) is 16.1. The van der Waals surface area contributed by atoms with Gasteiger partial charge in [-0.3, -0.25) is 9.89 Å². The van der Waals surface area contributed by atoms with Crippen LogP contribution in [0, 0.1) is 6.92 Å². The lowest BCUT2D eigenvalue weighted by atomic mass is 10.1.